The van der Waals surface area contributed by atoms with E-state index < -0.39 is 6.10 Å². The minimum atomic E-state index is -0.810. The Bertz CT molecular complexity index is 1400. The predicted octanol–water partition coefficient (Wildman–Crippen LogP) is 19.7. The molecule has 0 amide bonds. The zero-order valence-corrected chi connectivity index (χ0v) is 45.8. The average Bonchev–Trinajstić information content (AvgIpc) is 3.36. The number of carbonyl (C=O) groups is 3. The zero-order chi connectivity index (χ0) is 50.7. The number of ether oxygens (including phenoxy) is 3. The minimum Gasteiger partial charge on any atom is -0.462 e. The Balaban J connectivity index is 4.08. The molecular weight excluding hydrogens is 865 g/mol. The average molecular weight is 974 g/mol. The van der Waals surface area contributed by atoms with E-state index in [-0.39, 0.29) is 37.5 Å². The summed E-state index contributed by atoms with van der Waals surface area (Å²) in [5.74, 6) is -0.986. The molecule has 0 aliphatic carbocycles. The van der Waals surface area contributed by atoms with Crippen molar-refractivity contribution < 1.29 is 28.6 Å². The van der Waals surface area contributed by atoms with Gasteiger partial charge in [-0.15, -0.1) is 0 Å². The van der Waals surface area contributed by atoms with Crippen LogP contribution in [-0.4, -0.2) is 37.2 Å². The molecule has 0 fully saturated rings. The van der Waals surface area contributed by atoms with Gasteiger partial charge >= 0.3 is 17.9 Å². The zero-order valence-electron chi connectivity index (χ0n) is 45.8. The van der Waals surface area contributed by atoms with Crippen LogP contribution in [0.3, 0.4) is 0 Å². The molecule has 0 rings (SSSR count). The second-order valence-corrected chi connectivity index (χ2v) is 19.1. The normalized spacial score (nSPS) is 12.8. The van der Waals surface area contributed by atoms with Gasteiger partial charge in [0.25, 0.3) is 0 Å². The molecule has 0 aliphatic rings. The highest BCUT2D eigenvalue weighted by Gasteiger charge is 2.19. The van der Waals surface area contributed by atoms with E-state index in [0.29, 0.717) is 19.3 Å². The van der Waals surface area contributed by atoms with Crippen LogP contribution in [-0.2, 0) is 28.6 Å². The molecule has 0 aliphatic heterocycles. The Labute approximate surface area is 432 Å². The van der Waals surface area contributed by atoms with Gasteiger partial charge in [0.05, 0.1) is 0 Å². The first-order valence-electron chi connectivity index (χ1n) is 29.2. The van der Waals surface area contributed by atoms with E-state index in [9.17, 15) is 14.4 Å². The molecule has 70 heavy (non-hydrogen) atoms. The van der Waals surface area contributed by atoms with Crippen LogP contribution in [0.2, 0.25) is 0 Å². The largest absolute Gasteiger partial charge is 0.462 e. The Kier molecular flexibility index (Phi) is 54.9. The molecular formula is C64H108O6. The Hall–Kier alpha value is -3.67. The first-order chi connectivity index (χ1) is 34.5. The highest BCUT2D eigenvalue weighted by atomic mass is 16.6. The molecule has 0 saturated carbocycles. The number of rotatable bonds is 52. The minimum absolute atomic E-state index is 0.103. The number of esters is 3. The van der Waals surface area contributed by atoms with Gasteiger partial charge in [-0.1, -0.05) is 266 Å². The maximum Gasteiger partial charge on any atom is 0.306 e. The first-order valence-corrected chi connectivity index (χ1v) is 29.2. The summed E-state index contributed by atoms with van der Waals surface area (Å²) in [6.07, 6.45) is 77.4. The molecule has 400 valence electrons. The topological polar surface area (TPSA) is 78.9 Å². The fourth-order valence-electron chi connectivity index (χ4n) is 8.04. The van der Waals surface area contributed by atoms with Gasteiger partial charge in [0.2, 0.25) is 0 Å². The quantitative estimate of drug-likeness (QED) is 0.0262. The summed E-state index contributed by atoms with van der Waals surface area (Å²) in [7, 11) is 0. The van der Waals surface area contributed by atoms with E-state index in [0.717, 1.165) is 89.9 Å². The highest BCUT2D eigenvalue weighted by Crippen LogP contribution is 2.16. The van der Waals surface area contributed by atoms with Crippen LogP contribution in [0.15, 0.2) is 97.2 Å². The predicted molar refractivity (Wildman–Crippen MR) is 302 cm³/mol. The maximum absolute atomic E-state index is 12.7. The van der Waals surface area contributed by atoms with Crippen molar-refractivity contribution in [2.75, 3.05) is 13.2 Å². The Morgan fingerprint density at radius 2 is 0.586 bits per heavy atom. The molecule has 0 spiro atoms. The first kappa shape index (κ1) is 66.3. The van der Waals surface area contributed by atoms with Gasteiger partial charge in [0, 0.05) is 19.3 Å². The standard InChI is InChI=1S/C64H108O6/c1-4-7-10-13-16-19-21-23-24-25-26-27-28-29-30-31-32-33-34-35-36-37-38-39-40-42-43-45-48-51-54-57-63(66)69-60-61(59-68-62(65)56-53-50-47-18-15-12-9-6-3)70-64(67)58-55-52-49-46-44-41-22-20-17-14-11-8-5-2/h7-8,10-11,16-17,19-20,23-24,26-27,41,44,49,52,61H,4-6,9,12-15,18,21-22,25,28-40,42-43,45-48,50-51,53-60H2,1-3H3/b10-7-,11-8-,19-16-,20-17-,24-23-,27-26-,44-41-,52-49-. The van der Waals surface area contributed by atoms with E-state index in [1.807, 2.05) is 12.2 Å². The summed E-state index contributed by atoms with van der Waals surface area (Å²) in [6.45, 7) is 6.32. The molecule has 0 radical (unpaired) electrons. The lowest BCUT2D eigenvalue weighted by molar-refractivity contribution is -0.166. The number of unbranched alkanes of at least 4 members (excludes halogenated alkanes) is 25. The molecule has 0 aromatic carbocycles. The second kappa shape index (κ2) is 57.9. The molecule has 0 saturated heterocycles. The van der Waals surface area contributed by atoms with Crippen molar-refractivity contribution in [3.8, 4) is 0 Å². The third-order valence-electron chi connectivity index (χ3n) is 12.3. The lowest BCUT2D eigenvalue weighted by atomic mass is 10.0. The third kappa shape index (κ3) is 55.3. The van der Waals surface area contributed by atoms with E-state index in [4.69, 9.17) is 14.2 Å². The Morgan fingerprint density at radius 1 is 0.300 bits per heavy atom. The fraction of sp³-hybridized carbons (Fsp3) is 0.703. The van der Waals surface area contributed by atoms with E-state index in [1.165, 1.54) is 135 Å². The molecule has 6 heteroatoms. The molecule has 0 heterocycles. The van der Waals surface area contributed by atoms with Crippen LogP contribution in [0.1, 0.15) is 271 Å². The van der Waals surface area contributed by atoms with Crippen LogP contribution < -0.4 is 0 Å². The number of hydrogen-bond donors (Lipinski definition) is 0. The van der Waals surface area contributed by atoms with Gasteiger partial charge < -0.3 is 14.2 Å². The van der Waals surface area contributed by atoms with Gasteiger partial charge in [-0.3, -0.25) is 14.4 Å². The summed E-state index contributed by atoms with van der Waals surface area (Å²) >= 11 is 0. The Morgan fingerprint density at radius 3 is 0.929 bits per heavy atom. The van der Waals surface area contributed by atoms with E-state index >= 15 is 0 Å². The molecule has 0 bridgehead atoms. The second-order valence-electron chi connectivity index (χ2n) is 19.1. The summed E-state index contributed by atoms with van der Waals surface area (Å²) < 4.78 is 16.7. The molecule has 6 nitrogen and oxygen atoms in total. The highest BCUT2D eigenvalue weighted by molar-refractivity contribution is 5.71. The summed E-state index contributed by atoms with van der Waals surface area (Å²) in [5, 5.41) is 0. The number of carbonyl (C=O) groups excluding carboxylic acids is 3. The fourth-order valence-corrected chi connectivity index (χ4v) is 8.04. The van der Waals surface area contributed by atoms with Crippen LogP contribution in [0.5, 0.6) is 0 Å². The van der Waals surface area contributed by atoms with Crippen molar-refractivity contribution in [3.05, 3.63) is 97.2 Å². The summed E-state index contributed by atoms with van der Waals surface area (Å²) in [6, 6.07) is 0. The van der Waals surface area contributed by atoms with Crippen molar-refractivity contribution in [1.82, 2.24) is 0 Å². The number of hydrogen-bond acceptors (Lipinski definition) is 6. The van der Waals surface area contributed by atoms with Gasteiger partial charge in [-0.05, 0) is 83.5 Å². The molecule has 0 aromatic heterocycles. The van der Waals surface area contributed by atoms with Crippen LogP contribution >= 0.6 is 0 Å². The van der Waals surface area contributed by atoms with E-state index in [2.05, 4.69) is 106 Å². The van der Waals surface area contributed by atoms with Gasteiger partial charge in [-0.2, -0.15) is 0 Å². The van der Waals surface area contributed by atoms with Crippen molar-refractivity contribution in [2.45, 2.75) is 277 Å². The van der Waals surface area contributed by atoms with Gasteiger partial charge in [0.15, 0.2) is 6.10 Å². The maximum atomic E-state index is 12.7. The van der Waals surface area contributed by atoms with Crippen LogP contribution in [0.4, 0.5) is 0 Å². The van der Waals surface area contributed by atoms with Crippen LogP contribution in [0.25, 0.3) is 0 Å². The summed E-state index contributed by atoms with van der Waals surface area (Å²) in [5.41, 5.74) is 0. The van der Waals surface area contributed by atoms with Crippen molar-refractivity contribution in [2.24, 2.45) is 0 Å². The van der Waals surface area contributed by atoms with Crippen molar-refractivity contribution >= 4 is 17.9 Å². The van der Waals surface area contributed by atoms with E-state index in [1.54, 1.807) is 0 Å². The monoisotopic (exact) mass is 973 g/mol. The molecule has 0 aromatic rings. The van der Waals surface area contributed by atoms with Crippen molar-refractivity contribution in [1.29, 1.82) is 0 Å². The smallest absolute Gasteiger partial charge is 0.306 e. The van der Waals surface area contributed by atoms with Crippen molar-refractivity contribution in [3.63, 3.8) is 0 Å². The van der Waals surface area contributed by atoms with Gasteiger partial charge in [0.1, 0.15) is 13.2 Å². The third-order valence-corrected chi connectivity index (χ3v) is 12.3. The molecule has 1 unspecified atom stereocenters. The van der Waals surface area contributed by atoms with Crippen LogP contribution in [0, 0.1) is 0 Å². The SMILES string of the molecule is CC/C=C\C/C=C\C/C=C\C/C=C\CCCCCCCCCCCCCCCCCCCCC(=O)OCC(COC(=O)CCCCCCCCCC)OC(=O)CC/C=C\C/C=C\C/C=C\C/C=C\CC. The lowest BCUT2D eigenvalue weighted by Gasteiger charge is -2.18. The molecule has 1 atom stereocenters. The molecule has 0 N–H and O–H groups in total. The summed E-state index contributed by atoms with van der Waals surface area (Å²) in [4.78, 5) is 37.9. The lowest BCUT2D eigenvalue weighted by Crippen LogP contribution is -2.30. The number of allylic oxidation sites excluding steroid dienone is 16. The van der Waals surface area contributed by atoms with Gasteiger partial charge in [-0.25, -0.2) is 0 Å².